The van der Waals surface area contributed by atoms with Crippen LogP contribution in [-0.2, 0) is 0 Å². The molecule has 0 aliphatic rings. The van der Waals surface area contributed by atoms with Gasteiger partial charge in [-0.15, -0.1) is 0 Å². The second kappa shape index (κ2) is 4.80. The number of ether oxygens (including phenoxy) is 1. The first-order valence-electron chi connectivity index (χ1n) is 4.57. The van der Waals surface area contributed by atoms with Gasteiger partial charge in [-0.3, -0.25) is 0 Å². The number of hydrogen-bond donors (Lipinski definition) is 0. The molecule has 1 heterocycles. The quantitative estimate of drug-likeness (QED) is 0.841. The van der Waals surface area contributed by atoms with Gasteiger partial charge in [0, 0.05) is 16.9 Å². The number of halogens is 2. The van der Waals surface area contributed by atoms with Crippen LogP contribution in [0.5, 0.6) is 11.6 Å². The molecule has 1 aromatic heterocycles. The summed E-state index contributed by atoms with van der Waals surface area (Å²) in [5.41, 5.74) is 0.996. The maximum absolute atomic E-state index is 5.85. The first-order valence-corrected chi connectivity index (χ1v) is 5.74. The molecule has 0 spiro atoms. The third-order valence-electron chi connectivity index (χ3n) is 1.97. The minimum absolute atomic E-state index is 0.254. The van der Waals surface area contributed by atoms with E-state index in [0.717, 1.165) is 10.0 Å². The van der Waals surface area contributed by atoms with Gasteiger partial charge >= 0.3 is 0 Å². The van der Waals surface area contributed by atoms with Crippen molar-refractivity contribution in [2.75, 3.05) is 0 Å². The number of nitrogens with zero attached hydrogens (tertiary/aromatic N) is 2. The second-order valence-corrected chi connectivity index (χ2v) is 4.44. The van der Waals surface area contributed by atoms with Crippen LogP contribution >= 0.6 is 27.5 Å². The molecule has 0 aliphatic carbocycles. The van der Waals surface area contributed by atoms with E-state index in [1.165, 1.54) is 12.4 Å². The fourth-order valence-electron chi connectivity index (χ4n) is 1.21. The average molecular weight is 300 g/mol. The summed E-state index contributed by atoms with van der Waals surface area (Å²) in [6.07, 6.45) is 3.05. The Bertz CT molecular complexity index is 519. The smallest absolute Gasteiger partial charge is 0.257 e. The van der Waals surface area contributed by atoms with Crippen LogP contribution in [0.2, 0.25) is 5.15 Å². The van der Waals surface area contributed by atoms with Crippen molar-refractivity contribution in [2.45, 2.75) is 6.92 Å². The number of aromatic nitrogens is 2. The monoisotopic (exact) mass is 298 g/mol. The van der Waals surface area contributed by atoms with Gasteiger partial charge in [0.2, 0.25) is 0 Å². The largest absolute Gasteiger partial charge is 0.436 e. The van der Waals surface area contributed by atoms with Crippen molar-refractivity contribution in [1.29, 1.82) is 0 Å². The minimum Gasteiger partial charge on any atom is -0.436 e. The van der Waals surface area contributed by atoms with Gasteiger partial charge in [-0.1, -0.05) is 27.5 Å². The molecular weight excluding hydrogens is 291 g/mol. The van der Waals surface area contributed by atoms with Crippen molar-refractivity contribution in [3.05, 3.63) is 45.8 Å². The lowest BCUT2D eigenvalue weighted by Crippen LogP contribution is -1.92. The van der Waals surface area contributed by atoms with Gasteiger partial charge < -0.3 is 4.74 Å². The van der Waals surface area contributed by atoms with Crippen LogP contribution < -0.4 is 4.74 Å². The summed E-state index contributed by atoms with van der Waals surface area (Å²) in [4.78, 5) is 7.90. The third-order valence-corrected chi connectivity index (χ3v) is 2.72. The predicted octanol–water partition coefficient (Wildman–Crippen LogP) is 3.99. The molecule has 0 bridgehead atoms. The normalized spacial score (nSPS) is 10.2. The van der Waals surface area contributed by atoms with Gasteiger partial charge in [-0.2, -0.15) is 0 Å². The third kappa shape index (κ3) is 2.51. The molecule has 5 heteroatoms. The summed E-state index contributed by atoms with van der Waals surface area (Å²) >= 11 is 9.24. The maximum atomic E-state index is 5.85. The predicted molar refractivity (Wildman–Crippen MR) is 66.0 cm³/mol. The second-order valence-electron chi connectivity index (χ2n) is 3.16. The molecule has 1 aromatic carbocycles. The van der Waals surface area contributed by atoms with Gasteiger partial charge in [0.15, 0.2) is 5.15 Å². The standard InChI is InChI=1S/C11H8BrClN2O/c1-7-6-8(12)2-3-9(7)16-11-10(13)14-4-5-15-11/h2-6H,1H3. The first-order chi connectivity index (χ1) is 7.66. The fourth-order valence-corrected chi connectivity index (χ4v) is 1.83. The van der Waals surface area contributed by atoms with E-state index < -0.39 is 0 Å². The number of aryl methyl sites for hydroxylation is 1. The van der Waals surface area contributed by atoms with Gasteiger partial charge in [-0.05, 0) is 30.7 Å². The zero-order valence-corrected chi connectivity index (χ0v) is 10.8. The molecule has 0 saturated carbocycles. The van der Waals surface area contributed by atoms with Crippen LogP contribution in [-0.4, -0.2) is 9.97 Å². The molecule has 0 fully saturated rings. The van der Waals surface area contributed by atoms with Crippen molar-refractivity contribution in [1.82, 2.24) is 9.97 Å². The van der Waals surface area contributed by atoms with Crippen molar-refractivity contribution < 1.29 is 4.74 Å². The molecule has 0 N–H and O–H groups in total. The Morgan fingerprint density at radius 2 is 2.00 bits per heavy atom. The zero-order valence-electron chi connectivity index (χ0n) is 8.45. The SMILES string of the molecule is Cc1cc(Br)ccc1Oc1nccnc1Cl. The van der Waals surface area contributed by atoms with E-state index in [9.17, 15) is 0 Å². The number of rotatable bonds is 2. The Labute approximate surface area is 107 Å². The van der Waals surface area contributed by atoms with Gasteiger partial charge in [0.1, 0.15) is 5.75 Å². The summed E-state index contributed by atoms with van der Waals surface area (Å²) in [5, 5.41) is 0.254. The van der Waals surface area contributed by atoms with Gasteiger partial charge in [0.05, 0.1) is 0 Å². The molecule has 0 amide bonds. The van der Waals surface area contributed by atoms with Crippen LogP contribution in [0.15, 0.2) is 35.1 Å². The minimum atomic E-state index is 0.254. The topological polar surface area (TPSA) is 35.0 Å². The summed E-state index contributed by atoms with van der Waals surface area (Å²) in [7, 11) is 0. The van der Waals surface area contributed by atoms with Crippen molar-refractivity contribution in [3.63, 3.8) is 0 Å². The Kier molecular flexibility index (Phi) is 3.41. The molecule has 0 aliphatic heterocycles. The van der Waals surface area contributed by atoms with E-state index in [2.05, 4.69) is 25.9 Å². The van der Waals surface area contributed by atoms with Crippen LogP contribution in [0.1, 0.15) is 5.56 Å². The van der Waals surface area contributed by atoms with Gasteiger partial charge in [-0.25, -0.2) is 9.97 Å². The lowest BCUT2D eigenvalue weighted by molar-refractivity contribution is 0.457. The molecule has 0 radical (unpaired) electrons. The van der Waals surface area contributed by atoms with Crippen molar-refractivity contribution >= 4 is 27.5 Å². The van der Waals surface area contributed by atoms with Crippen LogP contribution in [0.4, 0.5) is 0 Å². The molecule has 82 valence electrons. The zero-order chi connectivity index (χ0) is 11.5. The summed E-state index contributed by atoms with van der Waals surface area (Å²) < 4.78 is 6.57. The molecule has 0 saturated heterocycles. The highest BCUT2D eigenvalue weighted by atomic mass is 79.9. The summed E-state index contributed by atoms with van der Waals surface area (Å²) in [6, 6.07) is 5.70. The molecular formula is C11H8BrClN2O. The Hall–Kier alpha value is -1.13. The Morgan fingerprint density at radius 3 is 2.69 bits per heavy atom. The van der Waals surface area contributed by atoms with Crippen LogP contribution in [0.3, 0.4) is 0 Å². The molecule has 3 nitrogen and oxygen atoms in total. The fraction of sp³-hybridized carbons (Fsp3) is 0.0909. The number of hydrogen-bond acceptors (Lipinski definition) is 3. The molecule has 2 rings (SSSR count). The Balaban J connectivity index is 2.31. The highest BCUT2D eigenvalue weighted by molar-refractivity contribution is 9.10. The van der Waals surface area contributed by atoms with Crippen LogP contribution in [0.25, 0.3) is 0 Å². The van der Waals surface area contributed by atoms with Crippen LogP contribution in [0, 0.1) is 6.92 Å². The lowest BCUT2D eigenvalue weighted by atomic mass is 10.2. The van der Waals surface area contributed by atoms with E-state index in [4.69, 9.17) is 16.3 Å². The van der Waals surface area contributed by atoms with E-state index in [-0.39, 0.29) is 5.15 Å². The highest BCUT2D eigenvalue weighted by Crippen LogP contribution is 2.28. The van der Waals surface area contributed by atoms with E-state index >= 15 is 0 Å². The van der Waals surface area contributed by atoms with E-state index in [1.807, 2.05) is 25.1 Å². The maximum Gasteiger partial charge on any atom is 0.257 e. The van der Waals surface area contributed by atoms with Crippen molar-refractivity contribution in [3.8, 4) is 11.6 Å². The highest BCUT2D eigenvalue weighted by Gasteiger charge is 2.07. The van der Waals surface area contributed by atoms with Crippen molar-refractivity contribution in [2.24, 2.45) is 0 Å². The van der Waals surface area contributed by atoms with E-state index in [1.54, 1.807) is 0 Å². The van der Waals surface area contributed by atoms with E-state index in [0.29, 0.717) is 11.6 Å². The molecule has 2 aromatic rings. The summed E-state index contributed by atoms with van der Waals surface area (Å²) in [5.74, 6) is 1.03. The van der Waals surface area contributed by atoms with Gasteiger partial charge in [0.25, 0.3) is 5.88 Å². The molecule has 0 atom stereocenters. The first kappa shape index (κ1) is 11.4. The number of benzene rings is 1. The molecule has 16 heavy (non-hydrogen) atoms. The summed E-state index contributed by atoms with van der Waals surface area (Å²) in [6.45, 7) is 1.95. The molecule has 0 unspecified atom stereocenters. The Morgan fingerprint density at radius 1 is 1.25 bits per heavy atom. The lowest BCUT2D eigenvalue weighted by Gasteiger charge is -2.08. The average Bonchev–Trinajstić information content (AvgIpc) is 2.25.